The van der Waals surface area contributed by atoms with E-state index in [2.05, 4.69) is 16.7 Å². The molecular weight excluding hydrogens is 282 g/mol. The molecule has 2 rings (SSSR count). The Hall–Kier alpha value is -1.95. The number of carbonyl (C=O) groups is 1. The maximum absolute atomic E-state index is 10.7. The van der Waals surface area contributed by atoms with Gasteiger partial charge in [-0.1, -0.05) is 6.92 Å². The van der Waals surface area contributed by atoms with Gasteiger partial charge in [0.2, 0.25) is 0 Å². The third kappa shape index (κ3) is 4.53. The van der Waals surface area contributed by atoms with Crippen LogP contribution in [-0.2, 0) is 9.53 Å². The summed E-state index contributed by atoms with van der Waals surface area (Å²) in [5.74, 6) is 0.321. The maximum atomic E-state index is 10.7. The van der Waals surface area contributed by atoms with E-state index in [1.807, 2.05) is 18.2 Å². The Labute approximate surface area is 131 Å². The number of rotatable bonds is 6. The predicted molar refractivity (Wildman–Crippen MR) is 87.3 cm³/mol. The average molecular weight is 307 g/mol. The molecule has 0 radical (unpaired) electrons. The van der Waals surface area contributed by atoms with E-state index < -0.39 is 0 Å². The van der Waals surface area contributed by atoms with Crippen LogP contribution in [0.3, 0.4) is 0 Å². The molecule has 1 aromatic carbocycles. The largest absolute Gasteiger partial charge is 0.488 e. The van der Waals surface area contributed by atoms with Gasteiger partial charge in [0, 0.05) is 38.8 Å². The number of anilines is 2. The molecule has 0 aliphatic carbocycles. The van der Waals surface area contributed by atoms with Gasteiger partial charge in [-0.2, -0.15) is 0 Å². The number of likely N-dealkylation sites (N-methyl/N-ethyl adjacent to an activating group) is 1. The Balaban J connectivity index is 1.88. The van der Waals surface area contributed by atoms with Crippen LogP contribution in [0.25, 0.3) is 0 Å². The van der Waals surface area contributed by atoms with Crippen molar-refractivity contribution in [2.24, 2.45) is 0 Å². The van der Waals surface area contributed by atoms with Crippen molar-refractivity contribution in [3.05, 3.63) is 18.2 Å². The lowest BCUT2D eigenvalue weighted by Gasteiger charge is -2.35. The number of carbonyl (C=O) groups excluding carboxylic acids is 1. The van der Waals surface area contributed by atoms with E-state index in [1.54, 1.807) is 0 Å². The molecule has 22 heavy (non-hydrogen) atoms. The Kier molecular flexibility index (Phi) is 5.89. The Morgan fingerprint density at radius 1 is 1.23 bits per heavy atom. The summed E-state index contributed by atoms with van der Waals surface area (Å²) in [6.45, 7) is 9.39. The molecule has 0 amide bonds. The third-order valence-corrected chi connectivity index (χ3v) is 3.82. The predicted octanol–water partition coefficient (Wildman–Crippen LogP) is 1.35. The highest BCUT2D eigenvalue weighted by Gasteiger charge is 2.16. The number of nitrogens with two attached hydrogens (primary N) is 1. The van der Waals surface area contributed by atoms with Crippen LogP contribution in [0.5, 0.6) is 5.75 Å². The Bertz CT molecular complexity index is 499. The first-order chi connectivity index (χ1) is 10.6. The van der Waals surface area contributed by atoms with Crippen LogP contribution in [0.1, 0.15) is 13.8 Å². The number of nitrogens with zero attached hydrogens (tertiary/aromatic N) is 2. The van der Waals surface area contributed by atoms with Gasteiger partial charge in [0.05, 0.1) is 5.69 Å². The van der Waals surface area contributed by atoms with Gasteiger partial charge in [-0.3, -0.25) is 4.79 Å². The van der Waals surface area contributed by atoms with Crippen molar-refractivity contribution in [3.63, 3.8) is 0 Å². The van der Waals surface area contributed by atoms with Gasteiger partial charge in [-0.05, 0) is 24.7 Å². The first-order valence-electron chi connectivity index (χ1n) is 7.73. The zero-order chi connectivity index (χ0) is 15.9. The van der Waals surface area contributed by atoms with Crippen molar-refractivity contribution in [3.8, 4) is 5.75 Å². The minimum atomic E-state index is -0.307. The van der Waals surface area contributed by atoms with Crippen LogP contribution in [0.15, 0.2) is 18.2 Å². The second-order valence-electron chi connectivity index (χ2n) is 5.33. The summed E-state index contributed by atoms with van der Waals surface area (Å²) in [6.07, 6.45) is 0. The lowest BCUT2D eigenvalue weighted by molar-refractivity contribution is -0.141. The van der Waals surface area contributed by atoms with E-state index in [-0.39, 0.29) is 12.6 Å². The fraction of sp³-hybridized carbons (Fsp3) is 0.562. The summed E-state index contributed by atoms with van der Waals surface area (Å²) in [7, 11) is 0. The van der Waals surface area contributed by atoms with Crippen molar-refractivity contribution in [2.75, 3.05) is 56.6 Å². The van der Waals surface area contributed by atoms with E-state index in [0.29, 0.717) is 18.0 Å². The van der Waals surface area contributed by atoms with E-state index >= 15 is 0 Å². The summed E-state index contributed by atoms with van der Waals surface area (Å²) in [5, 5.41) is 0. The molecule has 1 aliphatic rings. The van der Waals surface area contributed by atoms with Gasteiger partial charge in [-0.25, -0.2) is 0 Å². The number of ether oxygens (including phenoxy) is 2. The van der Waals surface area contributed by atoms with Crippen molar-refractivity contribution in [1.29, 1.82) is 0 Å². The van der Waals surface area contributed by atoms with Gasteiger partial charge >= 0.3 is 5.97 Å². The molecule has 0 atom stereocenters. The highest BCUT2D eigenvalue weighted by molar-refractivity contribution is 5.66. The van der Waals surface area contributed by atoms with E-state index in [0.717, 1.165) is 38.4 Å². The first-order valence-corrected chi connectivity index (χ1v) is 7.73. The molecule has 1 aromatic rings. The summed E-state index contributed by atoms with van der Waals surface area (Å²) in [5.41, 5.74) is 7.79. The average Bonchev–Trinajstić information content (AvgIpc) is 2.52. The lowest BCUT2D eigenvalue weighted by atomic mass is 10.2. The summed E-state index contributed by atoms with van der Waals surface area (Å²) >= 11 is 0. The molecule has 0 unspecified atom stereocenters. The monoisotopic (exact) mass is 307 g/mol. The number of benzene rings is 1. The summed E-state index contributed by atoms with van der Waals surface area (Å²) in [6, 6.07) is 5.85. The smallest absolute Gasteiger partial charge is 0.302 e. The van der Waals surface area contributed by atoms with Gasteiger partial charge in [-0.15, -0.1) is 0 Å². The molecule has 6 nitrogen and oxygen atoms in total. The molecule has 1 heterocycles. The normalized spacial score (nSPS) is 15.6. The van der Waals surface area contributed by atoms with Crippen LogP contribution in [0.2, 0.25) is 0 Å². The van der Waals surface area contributed by atoms with E-state index in [4.69, 9.17) is 15.2 Å². The van der Waals surface area contributed by atoms with Crippen molar-refractivity contribution in [1.82, 2.24) is 4.90 Å². The second kappa shape index (κ2) is 7.89. The van der Waals surface area contributed by atoms with Crippen molar-refractivity contribution >= 4 is 17.3 Å². The third-order valence-electron chi connectivity index (χ3n) is 3.82. The molecule has 122 valence electrons. The molecule has 0 bridgehead atoms. The number of nitrogen functional groups attached to an aromatic ring is 1. The highest BCUT2D eigenvalue weighted by Crippen LogP contribution is 2.27. The molecule has 2 N–H and O–H groups in total. The Morgan fingerprint density at radius 2 is 1.95 bits per heavy atom. The van der Waals surface area contributed by atoms with Crippen molar-refractivity contribution < 1.29 is 14.3 Å². The summed E-state index contributed by atoms with van der Waals surface area (Å²) < 4.78 is 10.4. The quantitative estimate of drug-likeness (QED) is 0.486. The molecule has 0 aromatic heterocycles. The lowest BCUT2D eigenvalue weighted by Crippen LogP contribution is -2.46. The molecule has 1 saturated heterocycles. The minimum absolute atomic E-state index is 0.232. The highest BCUT2D eigenvalue weighted by atomic mass is 16.6. The number of hydrogen-bond donors (Lipinski definition) is 1. The van der Waals surface area contributed by atoms with Crippen LogP contribution in [-0.4, -0.2) is 56.8 Å². The number of esters is 1. The molecule has 0 spiro atoms. The number of piperazine rings is 1. The van der Waals surface area contributed by atoms with Gasteiger partial charge < -0.3 is 25.0 Å². The molecule has 0 saturated carbocycles. The van der Waals surface area contributed by atoms with Gasteiger partial charge in [0.15, 0.2) is 0 Å². The van der Waals surface area contributed by atoms with Gasteiger partial charge in [0.25, 0.3) is 0 Å². The van der Waals surface area contributed by atoms with Crippen LogP contribution in [0, 0.1) is 0 Å². The summed E-state index contributed by atoms with van der Waals surface area (Å²) in [4.78, 5) is 15.5. The fourth-order valence-electron chi connectivity index (χ4n) is 2.52. The first kappa shape index (κ1) is 16.4. The topological polar surface area (TPSA) is 68.0 Å². The fourth-order valence-corrected chi connectivity index (χ4v) is 2.52. The van der Waals surface area contributed by atoms with Crippen LogP contribution < -0.4 is 15.4 Å². The molecule has 1 fully saturated rings. The Morgan fingerprint density at radius 3 is 2.55 bits per heavy atom. The van der Waals surface area contributed by atoms with Gasteiger partial charge in [0.1, 0.15) is 19.0 Å². The standard InChI is InChI=1S/C16H25N3O3/c1-3-18-6-8-19(9-7-18)14-4-5-16(15(17)12-14)22-11-10-21-13(2)20/h4-5,12H,3,6-11,17H2,1-2H3. The maximum Gasteiger partial charge on any atom is 0.302 e. The minimum Gasteiger partial charge on any atom is -0.488 e. The van der Waals surface area contributed by atoms with Crippen molar-refractivity contribution in [2.45, 2.75) is 13.8 Å². The van der Waals surface area contributed by atoms with E-state index in [9.17, 15) is 4.79 Å². The second-order valence-corrected chi connectivity index (χ2v) is 5.33. The molecular formula is C16H25N3O3. The molecule has 1 aliphatic heterocycles. The zero-order valence-electron chi connectivity index (χ0n) is 13.4. The van der Waals surface area contributed by atoms with E-state index in [1.165, 1.54) is 6.92 Å². The van der Waals surface area contributed by atoms with Crippen LogP contribution in [0.4, 0.5) is 11.4 Å². The SMILES string of the molecule is CCN1CCN(c2ccc(OCCOC(C)=O)c(N)c2)CC1. The zero-order valence-corrected chi connectivity index (χ0v) is 13.4. The van der Waals surface area contributed by atoms with Crippen LogP contribution >= 0.6 is 0 Å². The number of hydrogen-bond acceptors (Lipinski definition) is 6. The molecule has 6 heteroatoms.